The monoisotopic (exact) mass is 301 g/mol. The van der Waals surface area contributed by atoms with Gasteiger partial charge in [-0.15, -0.1) is 11.3 Å². The zero-order valence-corrected chi connectivity index (χ0v) is 10.9. The van der Waals surface area contributed by atoms with Crippen LogP contribution in [0.3, 0.4) is 0 Å². The van der Waals surface area contributed by atoms with E-state index in [2.05, 4.69) is 9.37 Å². The van der Waals surface area contributed by atoms with E-state index < -0.39 is 11.7 Å². The lowest BCUT2D eigenvalue weighted by Gasteiger charge is -2.03. The molecule has 0 bridgehead atoms. The van der Waals surface area contributed by atoms with Crippen LogP contribution in [0.5, 0.6) is 0 Å². The van der Waals surface area contributed by atoms with Gasteiger partial charge in [-0.25, -0.2) is 4.99 Å². The van der Waals surface area contributed by atoms with Gasteiger partial charge >= 0.3 is 6.18 Å². The molecule has 3 aromatic heterocycles. The highest BCUT2D eigenvalue weighted by Crippen LogP contribution is 2.39. The fourth-order valence-corrected chi connectivity index (χ4v) is 3.11. The molecular formula is C11H6F3N3S2. The predicted octanol–water partition coefficient (Wildman–Crippen LogP) is 3.71. The Balaban J connectivity index is 2.20. The number of alkyl halides is 3. The van der Waals surface area contributed by atoms with Crippen molar-refractivity contribution in [3.05, 3.63) is 46.2 Å². The lowest BCUT2D eigenvalue weighted by molar-refractivity contribution is -0.136. The van der Waals surface area contributed by atoms with E-state index in [-0.39, 0.29) is 5.00 Å². The number of pyridine rings is 1. The van der Waals surface area contributed by atoms with Gasteiger partial charge in [0.25, 0.3) is 0 Å². The number of thiophene rings is 1. The molecule has 0 aliphatic rings. The summed E-state index contributed by atoms with van der Waals surface area (Å²) in [6, 6.07) is 6.40. The summed E-state index contributed by atoms with van der Waals surface area (Å²) in [7, 11) is 0. The van der Waals surface area contributed by atoms with Crippen molar-refractivity contribution in [3.63, 3.8) is 0 Å². The molecule has 0 unspecified atom stereocenters. The van der Waals surface area contributed by atoms with Crippen molar-refractivity contribution >= 4 is 33.5 Å². The van der Waals surface area contributed by atoms with Crippen LogP contribution in [-0.2, 0) is 6.18 Å². The molecule has 3 aromatic rings. The van der Waals surface area contributed by atoms with E-state index in [0.29, 0.717) is 10.4 Å². The van der Waals surface area contributed by atoms with Gasteiger partial charge in [0.2, 0.25) is 4.80 Å². The number of aromatic nitrogens is 2. The van der Waals surface area contributed by atoms with Crippen LogP contribution in [0.4, 0.5) is 18.2 Å². The highest BCUT2D eigenvalue weighted by Gasteiger charge is 2.34. The first-order chi connectivity index (χ1) is 9.05. The minimum absolute atomic E-state index is 0.0468. The quantitative estimate of drug-likeness (QED) is 0.674. The average Bonchev–Trinajstić information content (AvgIpc) is 2.97. The SMILES string of the molecule is FC(F)(F)c1ccsc1N=c1snc2ccccn12. The molecule has 0 aliphatic heterocycles. The Kier molecular flexibility index (Phi) is 2.90. The zero-order valence-electron chi connectivity index (χ0n) is 9.26. The molecule has 0 saturated heterocycles. The minimum atomic E-state index is -4.38. The van der Waals surface area contributed by atoms with E-state index in [1.54, 1.807) is 22.7 Å². The standard InChI is InChI=1S/C11H6F3N3S2/c12-11(13,14)7-4-6-18-9(7)15-10-17-5-2-1-3-8(17)16-19-10/h1-6H. The normalized spacial score (nSPS) is 13.3. The molecule has 0 amide bonds. The molecular weight excluding hydrogens is 295 g/mol. The molecule has 98 valence electrons. The van der Waals surface area contributed by atoms with E-state index in [1.807, 2.05) is 6.07 Å². The maximum atomic E-state index is 12.8. The Morgan fingerprint density at radius 1 is 1.21 bits per heavy atom. The zero-order chi connectivity index (χ0) is 13.5. The van der Waals surface area contributed by atoms with Gasteiger partial charge in [0, 0.05) is 17.7 Å². The molecule has 0 saturated carbocycles. The van der Waals surface area contributed by atoms with E-state index >= 15 is 0 Å². The summed E-state index contributed by atoms with van der Waals surface area (Å²) >= 11 is 2.03. The number of fused-ring (bicyclic) bond motifs is 1. The van der Waals surface area contributed by atoms with Crippen molar-refractivity contribution in [3.8, 4) is 0 Å². The molecule has 19 heavy (non-hydrogen) atoms. The summed E-state index contributed by atoms with van der Waals surface area (Å²) in [5.74, 6) is 0. The smallest absolute Gasteiger partial charge is 0.275 e. The third-order valence-corrected chi connectivity index (χ3v) is 3.95. The first-order valence-corrected chi connectivity index (χ1v) is 6.83. The summed E-state index contributed by atoms with van der Waals surface area (Å²) < 4.78 is 44.0. The Labute approximate surface area is 113 Å². The number of hydrogen-bond acceptors (Lipinski definition) is 4. The lowest BCUT2D eigenvalue weighted by Crippen LogP contribution is -2.07. The Bertz CT molecular complexity index is 782. The predicted molar refractivity (Wildman–Crippen MR) is 67.6 cm³/mol. The fraction of sp³-hybridized carbons (Fsp3) is 0.0909. The molecule has 3 rings (SSSR count). The number of halogens is 3. The van der Waals surface area contributed by atoms with Crippen molar-refractivity contribution in [2.24, 2.45) is 4.99 Å². The molecule has 0 aromatic carbocycles. The first-order valence-electron chi connectivity index (χ1n) is 5.18. The summed E-state index contributed by atoms with van der Waals surface area (Å²) in [6.45, 7) is 0. The van der Waals surface area contributed by atoms with Crippen LogP contribution in [0.25, 0.3) is 5.65 Å². The second-order valence-electron chi connectivity index (χ2n) is 3.64. The van der Waals surface area contributed by atoms with Crippen LogP contribution in [0.15, 0.2) is 40.8 Å². The van der Waals surface area contributed by atoms with Gasteiger partial charge in [0.05, 0.1) is 5.56 Å². The van der Waals surface area contributed by atoms with Crippen LogP contribution in [0, 0.1) is 0 Å². The average molecular weight is 301 g/mol. The van der Waals surface area contributed by atoms with Crippen LogP contribution in [0.2, 0.25) is 0 Å². The van der Waals surface area contributed by atoms with Gasteiger partial charge in [-0.1, -0.05) is 6.07 Å². The Hall–Kier alpha value is -1.67. The Morgan fingerprint density at radius 3 is 2.84 bits per heavy atom. The third-order valence-electron chi connectivity index (χ3n) is 2.41. The largest absolute Gasteiger partial charge is 0.419 e. The fourth-order valence-electron chi connectivity index (χ4n) is 1.57. The Morgan fingerprint density at radius 2 is 2.05 bits per heavy atom. The molecule has 0 spiro atoms. The van der Waals surface area contributed by atoms with Crippen molar-refractivity contribution in [2.45, 2.75) is 6.18 Å². The summed E-state index contributed by atoms with van der Waals surface area (Å²) in [5, 5.41) is 1.34. The van der Waals surface area contributed by atoms with Gasteiger partial charge < -0.3 is 0 Å². The minimum Gasteiger partial charge on any atom is -0.275 e. The highest BCUT2D eigenvalue weighted by atomic mass is 32.1. The number of nitrogens with zero attached hydrogens (tertiary/aromatic N) is 3. The molecule has 3 nitrogen and oxygen atoms in total. The number of hydrogen-bond donors (Lipinski definition) is 0. The molecule has 0 aliphatic carbocycles. The van der Waals surface area contributed by atoms with Crippen LogP contribution < -0.4 is 4.80 Å². The summed E-state index contributed by atoms with van der Waals surface area (Å²) in [6.07, 6.45) is -2.66. The molecule has 8 heteroatoms. The third kappa shape index (κ3) is 2.28. The summed E-state index contributed by atoms with van der Waals surface area (Å²) in [5.41, 5.74) is -0.0491. The van der Waals surface area contributed by atoms with Gasteiger partial charge in [-0.2, -0.15) is 17.5 Å². The van der Waals surface area contributed by atoms with Gasteiger partial charge in [0.1, 0.15) is 5.00 Å². The molecule has 0 atom stereocenters. The van der Waals surface area contributed by atoms with E-state index in [4.69, 9.17) is 0 Å². The first kappa shape index (κ1) is 12.4. The second-order valence-corrected chi connectivity index (χ2v) is 5.27. The van der Waals surface area contributed by atoms with Crippen LogP contribution in [0.1, 0.15) is 5.56 Å². The lowest BCUT2D eigenvalue weighted by atomic mass is 10.3. The summed E-state index contributed by atoms with van der Waals surface area (Å²) in [4.78, 5) is 4.49. The van der Waals surface area contributed by atoms with Crippen molar-refractivity contribution in [2.75, 3.05) is 0 Å². The van der Waals surface area contributed by atoms with Crippen LogP contribution >= 0.6 is 22.9 Å². The van der Waals surface area contributed by atoms with Crippen LogP contribution in [-0.4, -0.2) is 8.77 Å². The second kappa shape index (κ2) is 4.46. The van der Waals surface area contributed by atoms with Gasteiger partial charge in [0.15, 0.2) is 5.65 Å². The molecule has 0 fully saturated rings. The van der Waals surface area contributed by atoms with Crippen molar-refractivity contribution in [1.82, 2.24) is 8.77 Å². The van der Waals surface area contributed by atoms with Gasteiger partial charge in [-0.3, -0.25) is 4.40 Å². The number of rotatable bonds is 1. The van der Waals surface area contributed by atoms with Crippen molar-refractivity contribution < 1.29 is 13.2 Å². The van der Waals surface area contributed by atoms with Crippen molar-refractivity contribution in [1.29, 1.82) is 0 Å². The van der Waals surface area contributed by atoms with Gasteiger partial charge in [-0.05, 0) is 23.6 Å². The van der Waals surface area contributed by atoms with E-state index in [0.717, 1.165) is 28.9 Å². The highest BCUT2D eigenvalue weighted by molar-refractivity contribution is 7.14. The maximum Gasteiger partial charge on any atom is 0.419 e. The molecule has 0 N–H and O–H groups in total. The van der Waals surface area contributed by atoms with E-state index in [1.165, 1.54) is 5.38 Å². The molecule has 3 heterocycles. The van der Waals surface area contributed by atoms with E-state index in [9.17, 15) is 13.2 Å². The topological polar surface area (TPSA) is 29.7 Å². The molecule has 0 radical (unpaired) electrons. The maximum absolute atomic E-state index is 12.8.